The third kappa shape index (κ3) is 2.05. The van der Waals surface area contributed by atoms with Crippen LogP contribution >= 0.6 is 0 Å². The first-order valence-electron chi connectivity index (χ1n) is 4.78. The van der Waals surface area contributed by atoms with Gasteiger partial charge in [-0.25, -0.2) is 4.79 Å². The number of nitrogens with two attached hydrogens (primary N) is 1. The summed E-state index contributed by atoms with van der Waals surface area (Å²) in [5.41, 5.74) is 6.85. The first-order valence-corrected chi connectivity index (χ1v) is 4.78. The van der Waals surface area contributed by atoms with E-state index in [0.29, 0.717) is 11.3 Å². The lowest BCUT2D eigenvalue weighted by molar-refractivity contribution is 0.103. The van der Waals surface area contributed by atoms with E-state index >= 15 is 0 Å². The number of carbonyl (C=O) groups excluding carboxylic acids is 1. The van der Waals surface area contributed by atoms with E-state index in [0.717, 1.165) is 0 Å². The van der Waals surface area contributed by atoms with Crippen molar-refractivity contribution in [3.8, 4) is 5.88 Å². The molecule has 16 heavy (non-hydrogen) atoms. The topological polar surface area (TPSA) is 78.8 Å². The fourth-order valence-corrected chi connectivity index (χ4v) is 1.27. The molecular formula is C10H11N3O3. The van der Waals surface area contributed by atoms with Crippen molar-refractivity contribution in [1.29, 1.82) is 0 Å². The first-order chi connectivity index (χ1) is 7.69. The summed E-state index contributed by atoms with van der Waals surface area (Å²) in [6, 6.07) is 3.45. The maximum Gasteiger partial charge on any atom is 0.515 e. The SMILES string of the molecule is CCOC(=O)Oc1cn2cc(N)ccc2n1. The molecule has 0 aliphatic carbocycles. The highest BCUT2D eigenvalue weighted by Gasteiger charge is 2.08. The second-order valence-electron chi connectivity index (χ2n) is 3.09. The van der Waals surface area contributed by atoms with E-state index in [4.69, 9.17) is 10.5 Å². The molecule has 0 radical (unpaired) electrons. The summed E-state index contributed by atoms with van der Waals surface area (Å²) >= 11 is 0. The number of ether oxygens (including phenoxy) is 2. The Morgan fingerprint density at radius 2 is 2.31 bits per heavy atom. The Labute approximate surface area is 91.6 Å². The molecule has 2 N–H and O–H groups in total. The molecule has 0 saturated heterocycles. The van der Waals surface area contributed by atoms with Crippen molar-refractivity contribution in [3.63, 3.8) is 0 Å². The standard InChI is InChI=1S/C10H11N3O3/c1-2-15-10(14)16-9-6-13-5-7(11)3-4-8(13)12-9/h3-6H,2,11H2,1H3. The summed E-state index contributed by atoms with van der Waals surface area (Å²) in [4.78, 5) is 15.1. The average molecular weight is 221 g/mol. The molecule has 2 rings (SSSR count). The van der Waals surface area contributed by atoms with Crippen LogP contribution in [0.25, 0.3) is 5.65 Å². The third-order valence-electron chi connectivity index (χ3n) is 1.90. The van der Waals surface area contributed by atoms with E-state index in [1.165, 1.54) is 0 Å². The lowest BCUT2D eigenvalue weighted by Crippen LogP contribution is -2.10. The minimum Gasteiger partial charge on any atom is -0.434 e. The van der Waals surface area contributed by atoms with E-state index in [-0.39, 0.29) is 12.5 Å². The molecule has 84 valence electrons. The van der Waals surface area contributed by atoms with Gasteiger partial charge in [0, 0.05) is 11.9 Å². The summed E-state index contributed by atoms with van der Waals surface area (Å²) in [7, 11) is 0. The Morgan fingerprint density at radius 3 is 3.06 bits per heavy atom. The van der Waals surface area contributed by atoms with Crippen molar-refractivity contribution in [2.24, 2.45) is 0 Å². The minimum absolute atomic E-state index is 0.184. The molecular weight excluding hydrogens is 210 g/mol. The zero-order valence-corrected chi connectivity index (χ0v) is 8.71. The van der Waals surface area contributed by atoms with Crippen molar-refractivity contribution in [2.45, 2.75) is 6.92 Å². The van der Waals surface area contributed by atoms with E-state index in [9.17, 15) is 4.79 Å². The molecule has 0 aliphatic heterocycles. The van der Waals surface area contributed by atoms with Crippen LogP contribution in [0.3, 0.4) is 0 Å². The van der Waals surface area contributed by atoms with Crippen LogP contribution in [-0.4, -0.2) is 22.1 Å². The van der Waals surface area contributed by atoms with Crippen LogP contribution in [0.4, 0.5) is 10.5 Å². The lowest BCUT2D eigenvalue weighted by Gasteiger charge is -1.98. The number of aromatic nitrogens is 2. The smallest absolute Gasteiger partial charge is 0.434 e. The highest BCUT2D eigenvalue weighted by Crippen LogP contribution is 2.14. The van der Waals surface area contributed by atoms with Crippen molar-refractivity contribution in [3.05, 3.63) is 24.5 Å². The fourth-order valence-electron chi connectivity index (χ4n) is 1.27. The highest BCUT2D eigenvalue weighted by molar-refractivity contribution is 5.63. The molecule has 0 aliphatic rings. The van der Waals surface area contributed by atoms with Gasteiger partial charge in [0.2, 0.25) is 5.88 Å². The van der Waals surface area contributed by atoms with Gasteiger partial charge in [-0.2, -0.15) is 4.98 Å². The van der Waals surface area contributed by atoms with Gasteiger partial charge < -0.3 is 19.6 Å². The number of imidazole rings is 1. The molecule has 6 heteroatoms. The summed E-state index contributed by atoms with van der Waals surface area (Å²) in [6.07, 6.45) is 2.47. The normalized spacial score (nSPS) is 10.3. The van der Waals surface area contributed by atoms with Crippen LogP contribution in [0.2, 0.25) is 0 Å². The zero-order chi connectivity index (χ0) is 11.5. The Morgan fingerprint density at radius 1 is 1.50 bits per heavy atom. The Bertz CT molecular complexity index is 521. The Kier molecular flexibility index (Phi) is 2.63. The van der Waals surface area contributed by atoms with Crippen LogP contribution < -0.4 is 10.5 Å². The predicted octanol–water partition coefficient (Wildman–Crippen LogP) is 1.45. The van der Waals surface area contributed by atoms with Gasteiger partial charge in [0.15, 0.2) is 0 Å². The van der Waals surface area contributed by atoms with Gasteiger partial charge in [-0.1, -0.05) is 0 Å². The Hall–Kier alpha value is -2.24. The van der Waals surface area contributed by atoms with Crippen LogP contribution in [0, 0.1) is 0 Å². The monoisotopic (exact) mass is 221 g/mol. The number of rotatable bonds is 2. The molecule has 0 atom stereocenters. The molecule has 6 nitrogen and oxygen atoms in total. The summed E-state index contributed by atoms with van der Waals surface area (Å²) in [5.74, 6) is 0.184. The van der Waals surface area contributed by atoms with Gasteiger partial charge in [0.25, 0.3) is 0 Å². The number of pyridine rings is 1. The van der Waals surface area contributed by atoms with Gasteiger partial charge >= 0.3 is 6.16 Å². The number of hydrogen-bond donors (Lipinski definition) is 1. The molecule has 0 fully saturated rings. The molecule has 2 heterocycles. The fraction of sp³-hybridized carbons (Fsp3) is 0.200. The molecule has 2 aromatic rings. The predicted molar refractivity (Wildman–Crippen MR) is 57.3 cm³/mol. The van der Waals surface area contributed by atoms with Gasteiger partial charge in [0.1, 0.15) is 5.65 Å². The number of nitrogens with zero attached hydrogens (tertiary/aromatic N) is 2. The lowest BCUT2D eigenvalue weighted by atomic mass is 10.4. The molecule has 0 unspecified atom stereocenters. The van der Waals surface area contributed by atoms with Crippen molar-refractivity contribution in [2.75, 3.05) is 12.3 Å². The number of carbonyl (C=O) groups is 1. The van der Waals surface area contributed by atoms with Crippen LogP contribution in [-0.2, 0) is 4.74 Å². The Balaban J connectivity index is 2.23. The maximum absolute atomic E-state index is 11.0. The van der Waals surface area contributed by atoms with E-state index in [1.54, 1.807) is 35.9 Å². The molecule has 0 bridgehead atoms. The number of nitrogen functional groups attached to an aromatic ring is 1. The van der Waals surface area contributed by atoms with Gasteiger partial charge in [-0.15, -0.1) is 0 Å². The van der Waals surface area contributed by atoms with Gasteiger partial charge in [-0.05, 0) is 19.1 Å². The number of fused-ring (bicyclic) bond motifs is 1. The second-order valence-corrected chi connectivity index (χ2v) is 3.09. The van der Waals surface area contributed by atoms with Crippen molar-refractivity contribution >= 4 is 17.5 Å². The summed E-state index contributed by atoms with van der Waals surface area (Å²) in [6.45, 7) is 1.96. The first kappa shape index (κ1) is 10.3. The summed E-state index contributed by atoms with van der Waals surface area (Å²) in [5, 5.41) is 0. The maximum atomic E-state index is 11.0. The molecule has 0 spiro atoms. The highest BCUT2D eigenvalue weighted by atomic mass is 16.7. The second kappa shape index (κ2) is 4.09. The van der Waals surface area contributed by atoms with Crippen LogP contribution in [0.15, 0.2) is 24.5 Å². The number of anilines is 1. The molecule has 0 aromatic carbocycles. The van der Waals surface area contributed by atoms with Crippen molar-refractivity contribution < 1.29 is 14.3 Å². The van der Waals surface area contributed by atoms with Crippen LogP contribution in [0.1, 0.15) is 6.92 Å². The average Bonchev–Trinajstić information content (AvgIpc) is 2.59. The largest absolute Gasteiger partial charge is 0.515 e. The summed E-state index contributed by atoms with van der Waals surface area (Å²) < 4.78 is 11.1. The molecule has 0 amide bonds. The quantitative estimate of drug-likeness (QED) is 0.776. The molecule has 2 aromatic heterocycles. The number of hydrogen-bond acceptors (Lipinski definition) is 5. The van der Waals surface area contributed by atoms with E-state index in [2.05, 4.69) is 9.72 Å². The van der Waals surface area contributed by atoms with Crippen molar-refractivity contribution in [1.82, 2.24) is 9.38 Å². The molecule has 0 saturated carbocycles. The van der Waals surface area contributed by atoms with Gasteiger partial charge in [0.05, 0.1) is 12.8 Å². The minimum atomic E-state index is -0.765. The van der Waals surface area contributed by atoms with E-state index < -0.39 is 6.16 Å². The zero-order valence-electron chi connectivity index (χ0n) is 8.71. The van der Waals surface area contributed by atoms with Crippen LogP contribution in [0.5, 0.6) is 5.88 Å². The van der Waals surface area contributed by atoms with Gasteiger partial charge in [-0.3, -0.25) is 0 Å². The third-order valence-corrected chi connectivity index (χ3v) is 1.90. The van der Waals surface area contributed by atoms with E-state index in [1.807, 2.05) is 0 Å².